The lowest BCUT2D eigenvalue weighted by Crippen LogP contribution is -2.23. The molecule has 1 N–H and O–H groups in total. The zero-order valence-electron chi connectivity index (χ0n) is 15.2. The third-order valence-corrected chi connectivity index (χ3v) is 3.70. The van der Waals surface area contributed by atoms with E-state index in [-0.39, 0.29) is 12.5 Å². The van der Waals surface area contributed by atoms with Gasteiger partial charge in [-0.3, -0.25) is 4.79 Å². The highest BCUT2D eigenvalue weighted by atomic mass is 16.5. The minimum Gasteiger partial charge on any atom is -0.478 e. The molecule has 3 aromatic rings. The maximum Gasteiger partial charge on any atom is 0.247 e. The molecule has 7 heteroatoms. The van der Waals surface area contributed by atoms with Gasteiger partial charge < -0.3 is 14.6 Å². The highest BCUT2D eigenvalue weighted by Gasteiger charge is 2.11. The summed E-state index contributed by atoms with van der Waals surface area (Å²) in [6.07, 6.45) is 3.44. The van der Waals surface area contributed by atoms with E-state index in [1.807, 2.05) is 43.3 Å². The number of nitrogens with one attached hydrogen (secondary N) is 1. The minimum atomic E-state index is -0.193. The second-order valence-corrected chi connectivity index (χ2v) is 5.75. The lowest BCUT2D eigenvalue weighted by Gasteiger charge is -2.02. The van der Waals surface area contributed by atoms with Gasteiger partial charge in [-0.1, -0.05) is 35.5 Å². The summed E-state index contributed by atoms with van der Waals surface area (Å²) < 4.78 is 10.5. The highest BCUT2D eigenvalue weighted by Crippen LogP contribution is 2.17. The molecule has 2 aromatic heterocycles. The fraction of sp³-hybridized carbons (Fsp3) is 0.200. The molecule has 2 heterocycles. The van der Waals surface area contributed by atoms with E-state index < -0.39 is 0 Å². The first-order valence-electron chi connectivity index (χ1n) is 8.59. The summed E-state index contributed by atoms with van der Waals surface area (Å²) in [5, 5.41) is 6.69. The molecule has 0 saturated carbocycles. The van der Waals surface area contributed by atoms with Gasteiger partial charge in [0.1, 0.15) is 0 Å². The molecule has 0 aliphatic carbocycles. The van der Waals surface area contributed by atoms with E-state index in [1.165, 1.54) is 0 Å². The first-order valence-corrected chi connectivity index (χ1v) is 8.59. The van der Waals surface area contributed by atoms with Crippen LogP contribution in [0.2, 0.25) is 0 Å². The van der Waals surface area contributed by atoms with Gasteiger partial charge in [-0.2, -0.15) is 4.98 Å². The van der Waals surface area contributed by atoms with Crippen LogP contribution in [-0.4, -0.2) is 27.6 Å². The van der Waals surface area contributed by atoms with Crippen LogP contribution in [0.4, 0.5) is 0 Å². The monoisotopic (exact) mass is 364 g/mol. The standard InChI is InChI=1S/C20H20N4O3/c1-3-26-17-10-9-16(12-21-17)19-23-18(27-24-19)13-22-20(25)14(2)11-15-7-5-4-6-8-15/h4-12H,3,13H2,1-2H3,(H,22,25). The molecule has 0 fully saturated rings. The topological polar surface area (TPSA) is 90.1 Å². The van der Waals surface area contributed by atoms with Crippen molar-refractivity contribution in [2.24, 2.45) is 0 Å². The van der Waals surface area contributed by atoms with E-state index in [4.69, 9.17) is 9.26 Å². The molecule has 1 amide bonds. The van der Waals surface area contributed by atoms with Crippen molar-refractivity contribution in [3.8, 4) is 17.3 Å². The molecular formula is C20H20N4O3. The van der Waals surface area contributed by atoms with Crippen LogP contribution in [0.5, 0.6) is 5.88 Å². The summed E-state index contributed by atoms with van der Waals surface area (Å²) in [5.41, 5.74) is 2.27. The Bertz CT molecular complexity index is 918. The van der Waals surface area contributed by atoms with Gasteiger partial charge in [-0.25, -0.2) is 4.98 Å². The first kappa shape index (κ1) is 18.3. The number of hydrogen-bond acceptors (Lipinski definition) is 6. The average molecular weight is 364 g/mol. The molecule has 0 spiro atoms. The zero-order valence-corrected chi connectivity index (χ0v) is 15.2. The third-order valence-electron chi connectivity index (χ3n) is 3.70. The van der Waals surface area contributed by atoms with Gasteiger partial charge in [-0.05, 0) is 31.6 Å². The van der Waals surface area contributed by atoms with Crippen molar-refractivity contribution in [1.29, 1.82) is 0 Å². The number of pyridine rings is 1. The average Bonchev–Trinajstić information content (AvgIpc) is 3.17. The van der Waals surface area contributed by atoms with Crippen LogP contribution >= 0.6 is 0 Å². The van der Waals surface area contributed by atoms with Crippen molar-refractivity contribution in [3.63, 3.8) is 0 Å². The predicted molar refractivity (Wildman–Crippen MR) is 101 cm³/mol. The largest absolute Gasteiger partial charge is 0.478 e. The molecule has 27 heavy (non-hydrogen) atoms. The fourth-order valence-corrected chi connectivity index (χ4v) is 2.35. The lowest BCUT2D eigenvalue weighted by molar-refractivity contribution is -0.117. The molecule has 0 bridgehead atoms. The Labute approximate surface area is 157 Å². The minimum absolute atomic E-state index is 0.149. The van der Waals surface area contributed by atoms with Crippen LogP contribution in [0.3, 0.4) is 0 Å². The Balaban J connectivity index is 1.59. The summed E-state index contributed by atoms with van der Waals surface area (Å²) in [6, 6.07) is 13.2. The Kier molecular flexibility index (Phi) is 5.94. The molecular weight excluding hydrogens is 344 g/mol. The van der Waals surface area contributed by atoms with E-state index in [0.29, 0.717) is 35.3 Å². The second-order valence-electron chi connectivity index (χ2n) is 5.75. The summed E-state index contributed by atoms with van der Waals surface area (Å²) in [6.45, 7) is 4.35. The van der Waals surface area contributed by atoms with E-state index in [9.17, 15) is 4.79 Å². The summed E-state index contributed by atoms with van der Waals surface area (Å²) in [4.78, 5) is 20.7. The van der Waals surface area contributed by atoms with Crippen molar-refractivity contribution in [1.82, 2.24) is 20.4 Å². The van der Waals surface area contributed by atoms with Crippen LogP contribution in [0, 0.1) is 0 Å². The molecule has 0 saturated heterocycles. The molecule has 138 valence electrons. The lowest BCUT2D eigenvalue weighted by atomic mass is 10.1. The van der Waals surface area contributed by atoms with Crippen molar-refractivity contribution in [2.45, 2.75) is 20.4 Å². The van der Waals surface area contributed by atoms with Gasteiger partial charge in [0, 0.05) is 23.4 Å². The molecule has 0 atom stereocenters. The Morgan fingerprint density at radius 2 is 2.04 bits per heavy atom. The molecule has 0 aliphatic heterocycles. The smallest absolute Gasteiger partial charge is 0.247 e. The normalized spacial score (nSPS) is 11.3. The van der Waals surface area contributed by atoms with Gasteiger partial charge in [0.15, 0.2) is 0 Å². The molecule has 7 nitrogen and oxygen atoms in total. The maximum atomic E-state index is 12.2. The molecule has 0 unspecified atom stereocenters. The predicted octanol–water partition coefficient (Wildman–Crippen LogP) is 3.25. The number of aromatic nitrogens is 3. The van der Waals surface area contributed by atoms with E-state index >= 15 is 0 Å². The zero-order chi connectivity index (χ0) is 19.1. The number of carbonyl (C=O) groups is 1. The Morgan fingerprint density at radius 1 is 1.22 bits per heavy atom. The van der Waals surface area contributed by atoms with Crippen molar-refractivity contribution >= 4 is 12.0 Å². The maximum absolute atomic E-state index is 12.2. The van der Waals surface area contributed by atoms with Crippen LogP contribution < -0.4 is 10.1 Å². The SMILES string of the molecule is CCOc1ccc(-c2noc(CNC(=O)C(C)=Cc3ccccc3)n2)cn1. The van der Waals surface area contributed by atoms with Crippen LogP contribution in [0.15, 0.2) is 58.8 Å². The van der Waals surface area contributed by atoms with E-state index in [2.05, 4.69) is 20.4 Å². The number of amides is 1. The van der Waals surface area contributed by atoms with Gasteiger partial charge in [0.2, 0.25) is 23.5 Å². The van der Waals surface area contributed by atoms with Gasteiger partial charge in [0.05, 0.1) is 13.2 Å². The van der Waals surface area contributed by atoms with Crippen molar-refractivity contribution in [2.75, 3.05) is 6.61 Å². The van der Waals surface area contributed by atoms with Gasteiger partial charge >= 0.3 is 0 Å². The van der Waals surface area contributed by atoms with E-state index in [0.717, 1.165) is 5.56 Å². The molecule has 0 aliphatic rings. The Morgan fingerprint density at radius 3 is 2.74 bits per heavy atom. The van der Waals surface area contributed by atoms with Crippen molar-refractivity contribution in [3.05, 3.63) is 65.7 Å². The quantitative estimate of drug-likeness (QED) is 0.647. The first-order chi connectivity index (χ1) is 13.2. The molecule has 0 radical (unpaired) electrons. The fourth-order valence-electron chi connectivity index (χ4n) is 2.35. The molecule has 1 aromatic carbocycles. The summed E-state index contributed by atoms with van der Waals surface area (Å²) in [7, 11) is 0. The molecule has 3 rings (SSSR count). The highest BCUT2D eigenvalue weighted by molar-refractivity contribution is 5.97. The summed E-state index contributed by atoms with van der Waals surface area (Å²) in [5.74, 6) is 1.07. The summed E-state index contributed by atoms with van der Waals surface area (Å²) >= 11 is 0. The van der Waals surface area contributed by atoms with Gasteiger partial charge in [-0.15, -0.1) is 0 Å². The van der Waals surface area contributed by atoms with E-state index in [1.54, 1.807) is 25.3 Å². The number of benzene rings is 1. The number of hydrogen-bond donors (Lipinski definition) is 1. The number of rotatable bonds is 7. The van der Waals surface area contributed by atoms with Crippen molar-refractivity contribution < 1.29 is 14.1 Å². The third kappa shape index (κ3) is 5.01. The number of nitrogens with zero attached hydrogens (tertiary/aromatic N) is 3. The second kappa shape index (κ2) is 8.75. The van der Waals surface area contributed by atoms with Gasteiger partial charge in [0.25, 0.3) is 0 Å². The van der Waals surface area contributed by atoms with Crippen LogP contribution in [0.25, 0.3) is 17.5 Å². The number of carbonyl (C=O) groups excluding carboxylic acids is 1. The van der Waals surface area contributed by atoms with Crippen LogP contribution in [-0.2, 0) is 11.3 Å². The van der Waals surface area contributed by atoms with Crippen LogP contribution in [0.1, 0.15) is 25.3 Å². The number of ether oxygens (including phenoxy) is 1. The Hall–Kier alpha value is -3.48.